The molecule has 2 aliphatic heterocycles. The third kappa shape index (κ3) is 9.43. The minimum absolute atomic E-state index is 0. The van der Waals surface area contributed by atoms with Crippen LogP contribution < -0.4 is 14.8 Å². The maximum Gasteiger partial charge on any atom is 0.246 e. The second-order valence-electron chi connectivity index (χ2n) is 10.5. The van der Waals surface area contributed by atoms with E-state index in [0.717, 1.165) is 62.5 Å². The Morgan fingerprint density at radius 2 is 1.95 bits per heavy atom. The van der Waals surface area contributed by atoms with Gasteiger partial charge in [0.05, 0.1) is 33.0 Å². The zero-order valence-corrected chi connectivity index (χ0v) is 25.2. The molecule has 1 aromatic carbocycles. The number of likely N-dealkylation sites (N-methyl/N-ethyl adjacent to an activating group) is 1. The molecule has 1 N–H and O–H groups in total. The number of carbonyl (C=O) groups excluding carboxylic acids is 2. The third-order valence-corrected chi connectivity index (χ3v) is 6.90. The van der Waals surface area contributed by atoms with Crippen LogP contribution in [-0.2, 0) is 27.4 Å². The highest BCUT2D eigenvalue weighted by Crippen LogP contribution is 2.32. The number of ether oxygens (including phenoxy) is 3. The van der Waals surface area contributed by atoms with E-state index in [4.69, 9.17) is 14.2 Å². The van der Waals surface area contributed by atoms with Crippen LogP contribution in [0.15, 0.2) is 36.5 Å². The summed E-state index contributed by atoms with van der Waals surface area (Å²) in [5, 5.41) is 2.92. The second-order valence-corrected chi connectivity index (χ2v) is 10.5. The quantitative estimate of drug-likeness (QED) is 0.400. The van der Waals surface area contributed by atoms with Gasteiger partial charge >= 0.3 is 0 Å². The fourth-order valence-corrected chi connectivity index (χ4v) is 4.87. The topological polar surface area (TPSA) is 96.5 Å². The number of carbonyl (C=O) groups is 2. The molecule has 41 heavy (non-hydrogen) atoms. The molecule has 1 fully saturated rings. The minimum Gasteiger partial charge on any atom is -0.493 e. The number of rotatable bonds is 11. The summed E-state index contributed by atoms with van der Waals surface area (Å²) in [5.41, 5.74) is 2.61. The van der Waals surface area contributed by atoms with E-state index in [9.17, 15) is 9.59 Å². The Morgan fingerprint density at radius 1 is 1.20 bits per heavy atom. The van der Waals surface area contributed by atoms with Gasteiger partial charge < -0.3 is 24.4 Å². The first kappa shape index (κ1) is 32.3. The van der Waals surface area contributed by atoms with E-state index in [1.807, 2.05) is 38.1 Å². The van der Waals surface area contributed by atoms with Crippen molar-refractivity contribution in [3.63, 3.8) is 0 Å². The summed E-state index contributed by atoms with van der Waals surface area (Å²) in [6, 6.07) is 7.66. The summed E-state index contributed by atoms with van der Waals surface area (Å²) < 4.78 is 16.9. The zero-order chi connectivity index (χ0) is 28.5. The van der Waals surface area contributed by atoms with Gasteiger partial charge in [-0.25, -0.2) is 4.98 Å². The van der Waals surface area contributed by atoms with Gasteiger partial charge in [0.15, 0.2) is 11.5 Å². The number of hydrogen-bond donors (Lipinski definition) is 1. The Labute approximate surface area is 249 Å². The van der Waals surface area contributed by atoms with Gasteiger partial charge in [-0.2, -0.15) is 0 Å². The molecule has 0 radical (unpaired) electrons. The van der Waals surface area contributed by atoms with Crippen molar-refractivity contribution < 1.29 is 23.8 Å². The predicted molar refractivity (Wildman–Crippen MR) is 162 cm³/mol. The molecule has 2 aromatic rings. The van der Waals surface area contributed by atoms with Crippen LogP contribution in [0, 0.1) is 0 Å². The number of nitrogens with one attached hydrogen (secondary N) is 1. The average molecular weight is 588 g/mol. The Kier molecular flexibility index (Phi) is 12.4. The number of morpholine rings is 1. The molecule has 0 spiro atoms. The van der Waals surface area contributed by atoms with Crippen molar-refractivity contribution >= 4 is 36.1 Å². The highest BCUT2D eigenvalue weighted by Gasteiger charge is 2.21. The summed E-state index contributed by atoms with van der Waals surface area (Å²) in [5.74, 6) is 1.66. The number of benzene rings is 1. The van der Waals surface area contributed by atoms with E-state index in [1.54, 1.807) is 37.4 Å². The molecule has 3 heterocycles. The molecule has 224 valence electrons. The smallest absolute Gasteiger partial charge is 0.246 e. The van der Waals surface area contributed by atoms with Gasteiger partial charge in [0, 0.05) is 63.2 Å². The maximum absolute atomic E-state index is 13.0. The van der Waals surface area contributed by atoms with Crippen LogP contribution in [0.4, 0.5) is 5.82 Å². The number of aromatic nitrogens is 1. The number of halogens is 1. The number of anilines is 1. The van der Waals surface area contributed by atoms with Crippen molar-refractivity contribution in [1.29, 1.82) is 0 Å². The monoisotopic (exact) mass is 587 g/mol. The lowest BCUT2D eigenvalue weighted by Gasteiger charge is -2.27. The van der Waals surface area contributed by atoms with Crippen molar-refractivity contribution in [1.82, 2.24) is 19.7 Å². The van der Waals surface area contributed by atoms with Crippen molar-refractivity contribution in [2.24, 2.45) is 0 Å². The largest absolute Gasteiger partial charge is 0.493 e. The van der Waals surface area contributed by atoms with Crippen LogP contribution in [0.1, 0.15) is 37.0 Å². The molecular weight excluding hydrogens is 546 g/mol. The average Bonchev–Trinajstić information content (AvgIpc) is 3.09. The van der Waals surface area contributed by atoms with Crippen molar-refractivity contribution in [3.8, 4) is 11.5 Å². The van der Waals surface area contributed by atoms with Crippen molar-refractivity contribution in [2.75, 3.05) is 65.4 Å². The van der Waals surface area contributed by atoms with E-state index >= 15 is 0 Å². The lowest BCUT2D eigenvalue weighted by atomic mass is 10.1. The molecule has 1 aromatic heterocycles. The number of nitrogens with zero attached hydrogens (tertiary/aromatic N) is 4. The Bertz CT molecular complexity index is 1200. The lowest BCUT2D eigenvalue weighted by Crippen LogP contribution is -2.38. The van der Waals surface area contributed by atoms with E-state index in [2.05, 4.69) is 20.1 Å². The van der Waals surface area contributed by atoms with E-state index < -0.39 is 0 Å². The molecule has 0 bridgehead atoms. The SMILES string of the molecule is COc1cccc(CN(C)C(=O)C=Cc2cnc3c(c2)CN(CCCN2CCOCC2)CC(=O)N3)c1OC(C)C.Cl. The fourth-order valence-electron chi connectivity index (χ4n) is 4.87. The molecule has 1 saturated heterocycles. The molecule has 2 aliphatic rings. The van der Waals surface area contributed by atoms with Crippen LogP contribution in [0.3, 0.4) is 0 Å². The molecule has 4 rings (SSSR count). The summed E-state index contributed by atoms with van der Waals surface area (Å²) >= 11 is 0. The number of para-hydroxylation sites is 1. The molecule has 0 unspecified atom stereocenters. The number of pyridine rings is 1. The summed E-state index contributed by atoms with van der Waals surface area (Å²) in [4.78, 5) is 36.1. The highest BCUT2D eigenvalue weighted by atomic mass is 35.5. The van der Waals surface area contributed by atoms with Gasteiger partial charge in [0.25, 0.3) is 0 Å². The standard InChI is InChI=1S/C30H41N5O5.ClH/c1-22(2)40-29-24(7-5-8-26(29)38-4)19-33(3)28(37)10-9-23-17-25-20-35(21-27(36)32-30(25)31-18-23)12-6-11-34-13-15-39-16-14-34;/h5,7-10,17-18,22H,6,11-16,19-21H2,1-4H3,(H,31,32,36);1H. The summed E-state index contributed by atoms with van der Waals surface area (Å²) in [7, 11) is 3.36. The molecule has 2 amide bonds. The van der Waals surface area contributed by atoms with Crippen LogP contribution >= 0.6 is 12.4 Å². The van der Waals surface area contributed by atoms with Crippen molar-refractivity contribution in [2.45, 2.75) is 39.5 Å². The first-order chi connectivity index (χ1) is 19.3. The van der Waals surface area contributed by atoms with Gasteiger partial charge in [-0.1, -0.05) is 12.1 Å². The Hall–Kier alpha value is -3.18. The molecule has 0 saturated carbocycles. The van der Waals surface area contributed by atoms with Gasteiger partial charge in [-0.05, 0) is 50.6 Å². The van der Waals surface area contributed by atoms with Crippen LogP contribution in [0.25, 0.3) is 6.08 Å². The number of hydrogen-bond acceptors (Lipinski definition) is 8. The van der Waals surface area contributed by atoms with E-state index in [-0.39, 0.29) is 30.3 Å². The molecule has 10 nitrogen and oxygen atoms in total. The van der Waals surface area contributed by atoms with Gasteiger partial charge in [0.1, 0.15) is 5.82 Å². The number of methoxy groups -OCH3 is 1. The van der Waals surface area contributed by atoms with Crippen LogP contribution in [-0.4, -0.2) is 97.7 Å². The molecule has 0 aliphatic carbocycles. The summed E-state index contributed by atoms with van der Waals surface area (Å²) in [6.07, 6.45) is 5.93. The van der Waals surface area contributed by atoms with Crippen LogP contribution in [0.2, 0.25) is 0 Å². The van der Waals surface area contributed by atoms with Crippen molar-refractivity contribution in [3.05, 3.63) is 53.2 Å². The normalized spacial score (nSPS) is 16.1. The second kappa shape index (κ2) is 15.7. The Balaban J connectivity index is 0.00000462. The first-order valence-corrected chi connectivity index (χ1v) is 13.9. The number of amides is 2. The first-order valence-electron chi connectivity index (χ1n) is 13.9. The molecular formula is C30H42ClN5O5. The molecule has 0 atom stereocenters. The van der Waals surface area contributed by atoms with E-state index in [0.29, 0.717) is 37.0 Å². The maximum atomic E-state index is 13.0. The van der Waals surface area contributed by atoms with Gasteiger partial charge in [0.2, 0.25) is 11.8 Å². The fraction of sp³-hybridized carbons (Fsp3) is 0.500. The minimum atomic E-state index is -0.147. The van der Waals surface area contributed by atoms with Crippen LogP contribution in [0.5, 0.6) is 11.5 Å². The highest BCUT2D eigenvalue weighted by molar-refractivity contribution is 5.93. The lowest BCUT2D eigenvalue weighted by molar-refractivity contribution is -0.125. The molecule has 11 heteroatoms. The summed E-state index contributed by atoms with van der Waals surface area (Å²) in [6.45, 7) is 10.5. The third-order valence-electron chi connectivity index (χ3n) is 6.90. The van der Waals surface area contributed by atoms with Gasteiger partial charge in [-0.3, -0.25) is 19.4 Å². The zero-order valence-electron chi connectivity index (χ0n) is 24.4. The Morgan fingerprint density at radius 3 is 2.68 bits per heavy atom. The van der Waals surface area contributed by atoms with E-state index in [1.165, 1.54) is 0 Å². The predicted octanol–water partition coefficient (Wildman–Crippen LogP) is 3.45. The number of fused-ring (bicyclic) bond motifs is 1. The van der Waals surface area contributed by atoms with Gasteiger partial charge in [-0.15, -0.1) is 12.4 Å².